The first-order valence-electron chi connectivity index (χ1n) is 8.72. The summed E-state index contributed by atoms with van der Waals surface area (Å²) in [6.07, 6.45) is 0.402. The number of nitrogens with zero attached hydrogens (tertiary/aromatic N) is 3. The number of amides is 1. The molecule has 0 spiro atoms. The highest BCUT2D eigenvalue weighted by molar-refractivity contribution is 5.86. The Balaban J connectivity index is 1.83. The molecule has 2 aromatic carbocycles. The van der Waals surface area contributed by atoms with Crippen LogP contribution in [0.2, 0.25) is 0 Å². The number of rotatable bonds is 6. The van der Waals surface area contributed by atoms with Crippen molar-refractivity contribution in [2.24, 2.45) is 5.92 Å². The van der Waals surface area contributed by atoms with Crippen molar-refractivity contribution in [1.29, 1.82) is 5.26 Å². The second-order valence-electron chi connectivity index (χ2n) is 6.73. The molecule has 0 aromatic heterocycles. The van der Waals surface area contributed by atoms with Gasteiger partial charge in [-0.1, -0.05) is 42.0 Å². The van der Waals surface area contributed by atoms with Crippen molar-refractivity contribution < 1.29 is 9.72 Å². The molecule has 1 amide bonds. The first-order valence-corrected chi connectivity index (χ1v) is 8.72. The molecule has 27 heavy (non-hydrogen) atoms. The smallest absolute Gasteiger partial charge is 0.292 e. The highest BCUT2D eigenvalue weighted by atomic mass is 16.6. The minimum absolute atomic E-state index is 0.0716. The summed E-state index contributed by atoms with van der Waals surface area (Å²) in [6, 6.07) is 15.6. The maximum absolute atomic E-state index is 12.9. The SMILES string of the molecule is Cc1ccc(CC(Nc2ccccc2[N+](=O)[O-])C(=O)N2CC(C#N)C2)cc1. The molecule has 7 heteroatoms. The van der Waals surface area contributed by atoms with Gasteiger partial charge in [-0.2, -0.15) is 5.26 Å². The van der Waals surface area contributed by atoms with Gasteiger partial charge >= 0.3 is 0 Å². The average molecular weight is 364 g/mol. The summed E-state index contributed by atoms with van der Waals surface area (Å²) >= 11 is 0. The van der Waals surface area contributed by atoms with Crippen LogP contribution in [0.5, 0.6) is 0 Å². The summed E-state index contributed by atoms with van der Waals surface area (Å²) in [6.45, 7) is 2.79. The van der Waals surface area contributed by atoms with E-state index in [0.29, 0.717) is 25.2 Å². The van der Waals surface area contributed by atoms with Crippen molar-refractivity contribution in [2.75, 3.05) is 18.4 Å². The lowest BCUT2D eigenvalue weighted by molar-refractivity contribution is -0.384. The Bertz CT molecular complexity index is 883. The molecule has 0 saturated carbocycles. The van der Waals surface area contributed by atoms with Gasteiger partial charge < -0.3 is 10.2 Å². The Morgan fingerprint density at radius 1 is 1.30 bits per heavy atom. The molecule has 1 N–H and O–H groups in total. The largest absolute Gasteiger partial charge is 0.368 e. The monoisotopic (exact) mass is 364 g/mol. The predicted octanol–water partition coefficient (Wildman–Crippen LogP) is 2.91. The quantitative estimate of drug-likeness (QED) is 0.627. The molecule has 0 radical (unpaired) electrons. The number of carbonyl (C=O) groups excluding carboxylic acids is 1. The van der Waals surface area contributed by atoms with E-state index in [2.05, 4.69) is 11.4 Å². The second kappa shape index (κ2) is 7.87. The van der Waals surface area contributed by atoms with Crippen LogP contribution in [0.15, 0.2) is 48.5 Å². The number of anilines is 1. The first-order chi connectivity index (χ1) is 13.0. The highest BCUT2D eigenvalue weighted by Crippen LogP contribution is 2.26. The normalized spacial score (nSPS) is 14.7. The third-order valence-corrected chi connectivity index (χ3v) is 4.66. The van der Waals surface area contributed by atoms with Gasteiger partial charge in [-0.3, -0.25) is 14.9 Å². The number of para-hydroxylation sites is 2. The van der Waals surface area contributed by atoms with Crippen molar-refractivity contribution in [3.8, 4) is 6.07 Å². The Labute approximate surface area is 157 Å². The maximum Gasteiger partial charge on any atom is 0.292 e. The van der Waals surface area contributed by atoms with Gasteiger partial charge in [-0.15, -0.1) is 0 Å². The lowest BCUT2D eigenvalue weighted by Gasteiger charge is -2.38. The van der Waals surface area contributed by atoms with Crippen LogP contribution in [0.25, 0.3) is 0 Å². The lowest BCUT2D eigenvalue weighted by atomic mass is 9.97. The van der Waals surface area contributed by atoms with Crippen LogP contribution in [0.1, 0.15) is 11.1 Å². The second-order valence-corrected chi connectivity index (χ2v) is 6.73. The number of nitro benzene ring substituents is 1. The molecule has 3 rings (SSSR count). The van der Waals surface area contributed by atoms with Gasteiger partial charge in [0.2, 0.25) is 5.91 Å². The Kier molecular flexibility index (Phi) is 5.36. The van der Waals surface area contributed by atoms with Crippen molar-refractivity contribution >= 4 is 17.3 Å². The first kappa shape index (κ1) is 18.4. The van der Waals surface area contributed by atoms with Crippen molar-refractivity contribution in [3.05, 3.63) is 69.8 Å². The van der Waals surface area contributed by atoms with Crippen LogP contribution >= 0.6 is 0 Å². The van der Waals surface area contributed by atoms with Gasteiger partial charge in [0, 0.05) is 25.6 Å². The number of hydrogen-bond acceptors (Lipinski definition) is 5. The van der Waals surface area contributed by atoms with Crippen LogP contribution in [0.3, 0.4) is 0 Å². The molecular weight excluding hydrogens is 344 g/mol. The van der Waals surface area contributed by atoms with E-state index in [9.17, 15) is 14.9 Å². The summed E-state index contributed by atoms with van der Waals surface area (Å²) in [5.74, 6) is -0.291. The molecule has 1 saturated heterocycles. The molecule has 0 bridgehead atoms. The molecule has 0 aliphatic carbocycles. The number of nitriles is 1. The predicted molar refractivity (Wildman–Crippen MR) is 101 cm³/mol. The Hall–Kier alpha value is -3.40. The van der Waals surface area contributed by atoms with Crippen molar-refractivity contribution in [3.63, 3.8) is 0 Å². The molecule has 7 nitrogen and oxygen atoms in total. The minimum atomic E-state index is -0.645. The molecule has 1 heterocycles. The molecule has 138 valence electrons. The highest BCUT2D eigenvalue weighted by Gasteiger charge is 2.35. The topological polar surface area (TPSA) is 99.3 Å². The van der Waals surface area contributed by atoms with Crippen LogP contribution in [0.4, 0.5) is 11.4 Å². The van der Waals surface area contributed by atoms with Crippen molar-refractivity contribution in [2.45, 2.75) is 19.4 Å². The van der Waals surface area contributed by atoms with Crippen LogP contribution in [0, 0.1) is 34.3 Å². The average Bonchev–Trinajstić information content (AvgIpc) is 2.62. The van der Waals surface area contributed by atoms with Crippen LogP contribution in [-0.2, 0) is 11.2 Å². The number of nitrogens with one attached hydrogen (secondary N) is 1. The molecule has 2 aromatic rings. The fourth-order valence-electron chi connectivity index (χ4n) is 3.06. The third-order valence-electron chi connectivity index (χ3n) is 4.66. The van der Waals surface area contributed by atoms with E-state index in [1.54, 1.807) is 23.1 Å². The fourth-order valence-corrected chi connectivity index (χ4v) is 3.06. The molecular formula is C20H20N4O3. The summed E-state index contributed by atoms with van der Waals surface area (Å²) in [5.41, 5.74) is 2.32. The van der Waals surface area contributed by atoms with Gasteiger partial charge in [-0.05, 0) is 18.6 Å². The summed E-state index contributed by atoms with van der Waals surface area (Å²) in [5, 5.41) is 23.3. The fraction of sp³-hybridized carbons (Fsp3) is 0.300. The summed E-state index contributed by atoms with van der Waals surface area (Å²) < 4.78 is 0. The van der Waals surface area contributed by atoms with E-state index in [1.165, 1.54) is 6.07 Å². The zero-order valence-electron chi connectivity index (χ0n) is 15.0. The Morgan fingerprint density at radius 3 is 2.59 bits per heavy atom. The molecule has 1 fully saturated rings. The van der Waals surface area contributed by atoms with E-state index in [1.807, 2.05) is 31.2 Å². The zero-order chi connectivity index (χ0) is 19.4. The number of hydrogen-bond donors (Lipinski definition) is 1. The van der Waals surface area contributed by atoms with Gasteiger partial charge in [0.05, 0.1) is 16.9 Å². The van der Waals surface area contributed by atoms with E-state index in [4.69, 9.17) is 5.26 Å². The number of carbonyl (C=O) groups is 1. The van der Waals surface area contributed by atoms with Crippen LogP contribution in [-0.4, -0.2) is 34.9 Å². The van der Waals surface area contributed by atoms with Crippen LogP contribution < -0.4 is 5.32 Å². The lowest BCUT2D eigenvalue weighted by Crippen LogP contribution is -2.54. The van der Waals surface area contributed by atoms with E-state index in [0.717, 1.165) is 11.1 Å². The zero-order valence-corrected chi connectivity index (χ0v) is 15.0. The number of aryl methyl sites for hydroxylation is 1. The Morgan fingerprint density at radius 2 is 1.96 bits per heavy atom. The van der Waals surface area contributed by atoms with Gasteiger partial charge in [0.15, 0.2) is 0 Å². The standard InChI is InChI=1S/C20H20N4O3/c1-14-6-8-15(9-7-14)10-18(20(25)23-12-16(11-21)13-23)22-17-4-2-3-5-19(17)24(26)27/h2-9,16,18,22H,10,12-13H2,1H3. The molecule has 1 atom stereocenters. The summed E-state index contributed by atoms with van der Waals surface area (Å²) in [4.78, 5) is 25.4. The number of likely N-dealkylation sites (tertiary alicyclic amines) is 1. The molecule has 1 unspecified atom stereocenters. The van der Waals surface area contributed by atoms with E-state index < -0.39 is 11.0 Å². The van der Waals surface area contributed by atoms with Gasteiger partial charge in [0.25, 0.3) is 5.69 Å². The van der Waals surface area contributed by atoms with Gasteiger partial charge in [0.1, 0.15) is 11.7 Å². The van der Waals surface area contributed by atoms with Crippen molar-refractivity contribution in [1.82, 2.24) is 4.90 Å². The minimum Gasteiger partial charge on any atom is -0.368 e. The number of benzene rings is 2. The van der Waals surface area contributed by atoms with E-state index in [-0.39, 0.29) is 17.5 Å². The third kappa shape index (κ3) is 4.23. The summed E-state index contributed by atoms with van der Waals surface area (Å²) in [7, 11) is 0. The molecule has 1 aliphatic rings. The maximum atomic E-state index is 12.9. The molecule has 1 aliphatic heterocycles. The van der Waals surface area contributed by atoms with E-state index >= 15 is 0 Å². The number of nitro groups is 1. The van der Waals surface area contributed by atoms with Gasteiger partial charge in [-0.25, -0.2) is 0 Å².